The van der Waals surface area contributed by atoms with E-state index < -0.39 is 198 Å². The fourth-order valence-electron chi connectivity index (χ4n) is 8.08. The van der Waals surface area contributed by atoms with Crippen LogP contribution >= 0.6 is 0 Å². The van der Waals surface area contributed by atoms with Crippen molar-refractivity contribution < 1.29 is 41.4 Å². The first-order valence-electron chi connectivity index (χ1n) is 31.2. The third-order valence-electron chi connectivity index (χ3n) is 10.4. The fourth-order valence-corrected chi connectivity index (χ4v) is 11.6. The van der Waals surface area contributed by atoms with Crippen LogP contribution in [-0.4, -0.2) is 17.2 Å². The van der Waals surface area contributed by atoms with Gasteiger partial charge in [-0.05, 0) is 63.1 Å². The minimum atomic E-state index is -6.30. The SMILES string of the molecule is [2H]c1c([2H])c([2H])c([Si](c2c([2H])c([2H])c([2H])c([2H])c2[2H])(c2c([2H])c([2H])c([2H])c([2H])c2[2H])c2c([2H])c([2H])c([2H])c(-n3c4ccccc4c4cc(-n5c6c([2H])c([2H])c([2H])c([2H])c6c6c([2H])c([2H])c([2H])c([2H])c65)c5oc6ccccc6c5c43)c2[2H])c([2H])c1[2H]. The van der Waals surface area contributed by atoms with Crippen molar-refractivity contribution in [2.75, 3.05) is 0 Å². The van der Waals surface area contributed by atoms with Crippen LogP contribution in [-0.2, 0) is 0 Å². The van der Waals surface area contributed by atoms with Crippen LogP contribution in [0.2, 0.25) is 0 Å². The number of rotatable bonds is 6. The Morgan fingerprint density at radius 1 is 0.431 bits per heavy atom. The van der Waals surface area contributed by atoms with Gasteiger partial charge in [-0.2, -0.15) is 0 Å². The average molecular weight is 784 g/mol. The van der Waals surface area contributed by atoms with Gasteiger partial charge in [-0.1, -0.05) is 175 Å². The Labute approximate surface area is 374 Å². The highest BCUT2D eigenvalue weighted by Gasteiger charge is 2.41. The number of hydrogen-bond acceptors (Lipinski definition) is 1. The number of nitrogens with zero attached hydrogens (tertiary/aromatic N) is 2. The second kappa shape index (κ2) is 12.8. The molecule has 58 heavy (non-hydrogen) atoms. The molecule has 0 saturated carbocycles. The highest BCUT2D eigenvalue weighted by Crippen LogP contribution is 2.45. The van der Waals surface area contributed by atoms with Crippen LogP contribution < -0.4 is 20.7 Å². The zero-order valence-corrected chi connectivity index (χ0v) is 30.5. The normalized spacial score (nSPS) is 18.7. The summed E-state index contributed by atoms with van der Waals surface area (Å²) in [6.45, 7) is 0. The second-order valence-corrected chi connectivity index (χ2v) is 16.7. The molecule has 0 saturated heterocycles. The summed E-state index contributed by atoms with van der Waals surface area (Å²) in [5, 5.41) is -3.76. The van der Waals surface area contributed by atoms with Crippen molar-refractivity contribution >= 4 is 94.4 Å². The molecule has 0 aliphatic carbocycles. The van der Waals surface area contributed by atoms with E-state index >= 15 is 0 Å². The van der Waals surface area contributed by atoms with E-state index in [9.17, 15) is 16.4 Å². The second-order valence-electron chi connectivity index (χ2n) is 13.2. The highest BCUT2D eigenvalue weighted by atomic mass is 28.3. The molecule has 0 spiro atoms. The lowest BCUT2D eigenvalue weighted by molar-refractivity contribution is 0.666. The van der Waals surface area contributed by atoms with Gasteiger partial charge in [0.25, 0.3) is 0 Å². The molecule has 0 aliphatic heterocycles. The first-order valence-corrected chi connectivity index (χ1v) is 19.7. The molecule has 0 fully saturated rings. The molecule has 9 aromatic carbocycles. The van der Waals surface area contributed by atoms with E-state index in [1.807, 2.05) is 0 Å². The monoisotopic (exact) mass is 783 g/mol. The summed E-state index contributed by atoms with van der Waals surface area (Å²) in [6.07, 6.45) is 0. The van der Waals surface area contributed by atoms with Crippen molar-refractivity contribution in [1.82, 2.24) is 9.13 Å². The van der Waals surface area contributed by atoms with Crippen molar-refractivity contribution in [1.29, 1.82) is 0 Å². The molecule has 0 unspecified atom stereocenters. The number of benzene rings is 9. The molecular weight excluding hydrogens is 721 g/mol. The van der Waals surface area contributed by atoms with E-state index in [0.29, 0.717) is 5.39 Å². The van der Waals surface area contributed by atoms with Gasteiger partial charge in [-0.3, -0.25) is 0 Å². The van der Waals surface area contributed by atoms with E-state index in [0.717, 1.165) is 0 Å². The van der Waals surface area contributed by atoms with E-state index in [2.05, 4.69) is 0 Å². The lowest BCUT2D eigenvalue weighted by Gasteiger charge is -2.34. The lowest BCUT2D eigenvalue weighted by atomic mass is 10.1. The third-order valence-corrected chi connectivity index (χ3v) is 14.4. The first kappa shape index (κ1) is 15.9. The number of fused-ring (bicyclic) bond motifs is 10. The minimum absolute atomic E-state index is 0.0280. The van der Waals surface area contributed by atoms with E-state index in [-0.39, 0.29) is 65.9 Å². The molecule has 0 aliphatic rings. The number of aromatic nitrogens is 2. The summed E-state index contributed by atoms with van der Waals surface area (Å²) in [5.74, 6) is 0. The maximum absolute atomic E-state index is 10.7. The van der Waals surface area contributed by atoms with Crippen LogP contribution in [0, 0.1) is 0 Å². The van der Waals surface area contributed by atoms with E-state index in [4.69, 9.17) is 25.0 Å². The Hall–Kier alpha value is -7.40. The van der Waals surface area contributed by atoms with Gasteiger partial charge in [0.05, 0.1) is 70.2 Å². The fraction of sp³-hybridized carbons (Fsp3) is 0. The quantitative estimate of drug-likeness (QED) is 0.122. The summed E-state index contributed by atoms with van der Waals surface area (Å²) in [5.41, 5.74) is -1.11. The summed E-state index contributed by atoms with van der Waals surface area (Å²) in [4.78, 5) is 0. The predicted octanol–water partition coefficient (Wildman–Crippen LogP) is 11.2. The number of hydrogen-bond donors (Lipinski definition) is 0. The Morgan fingerprint density at radius 3 is 1.60 bits per heavy atom. The topological polar surface area (TPSA) is 23.0 Å². The van der Waals surface area contributed by atoms with Crippen LogP contribution in [0.4, 0.5) is 0 Å². The van der Waals surface area contributed by atoms with Crippen molar-refractivity contribution in [2.24, 2.45) is 0 Å². The molecule has 4 heteroatoms. The standard InChI is InChI=1S/C54H36N2OSi/c1-4-20-38(21-5-1)58(39-22-6-2-7-23-39,40-24-8-3-9-25-40)41-26-18-19-37(35-41)55-47-31-14-12-29-44(47)46-36-50(54-52(53(46)55)45-30-13-17-34-51(45)57-54)56-48-32-15-10-27-42(48)43-28-11-16-33-49(43)56/h1-36H/i1D,2D,3D,4D,5D,6D,7D,8D,9D,10D,11D,15D,16D,18D,19D,20D,21D,22D,23D,24D,25D,26D,27D,28D,32D,33D,35D. The van der Waals surface area contributed by atoms with Gasteiger partial charge in [0, 0.05) is 32.6 Å². The van der Waals surface area contributed by atoms with Gasteiger partial charge in [0.1, 0.15) is 5.58 Å². The van der Waals surface area contributed by atoms with Crippen molar-refractivity contribution in [3.8, 4) is 11.4 Å². The Balaban J connectivity index is 1.38. The highest BCUT2D eigenvalue weighted by molar-refractivity contribution is 7.19. The van der Waals surface area contributed by atoms with E-state index in [1.54, 1.807) is 42.5 Å². The molecule has 0 bridgehead atoms. The molecule has 0 radical (unpaired) electrons. The van der Waals surface area contributed by atoms with Crippen LogP contribution in [0.5, 0.6) is 0 Å². The summed E-state index contributed by atoms with van der Waals surface area (Å²) >= 11 is 0. The van der Waals surface area contributed by atoms with Crippen LogP contribution in [0.1, 0.15) is 37.0 Å². The Morgan fingerprint density at radius 2 is 0.966 bits per heavy atom. The molecule has 12 rings (SSSR count). The van der Waals surface area contributed by atoms with Gasteiger partial charge < -0.3 is 13.6 Å². The smallest absolute Gasteiger partial charge is 0.179 e. The Bertz CT molecular complexity index is 4790. The zero-order chi connectivity index (χ0) is 61.7. The molecule has 272 valence electrons. The molecule has 3 nitrogen and oxygen atoms in total. The van der Waals surface area contributed by atoms with Gasteiger partial charge in [0.15, 0.2) is 13.7 Å². The van der Waals surface area contributed by atoms with Gasteiger partial charge in [-0.15, -0.1) is 0 Å². The molecule has 3 aromatic heterocycles. The predicted molar refractivity (Wildman–Crippen MR) is 246 cm³/mol. The minimum Gasteiger partial charge on any atom is -0.454 e. The van der Waals surface area contributed by atoms with E-state index in [1.165, 1.54) is 21.3 Å². The average Bonchev–Trinajstić information content (AvgIpc) is 1.84. The zero-order valence-electron chi connectivity index (χ0n) is 56.5. The summed E-state index contributed by atoms with van der Waals surface area (Å²) in [6, 6.07) is -12.2. The third kappa shape index (κ3) is 4.61. The summed E-state index contributed by atoms with van der Waals surface area (Å²) < 4.78 is 260. The van der Waals surface area contributed by atoms with Crippen molar-refractivity contribution in [3.63, 3.8) is 0 Å². The van der Waals surface area contributed by atoms with Gasteiger partial charge >= 0.3 is 0 Å². The van der Waals surface area contributed by atoms with Crippen molar-refractivity contribution in [2.45, 2.75) is 0 Å². The van der Waals surface area contributed by atoms with Crippen LogP contribution in [0.25, 0.3) is 76.9 Å². The molecule has 3 heterocycles. The molecule has 0 N–H and O–H groups in total. The number of furan rings is 1. The maximum Gasteiger partial charge on any atom is 0.179 e. The maximum atomic E-state index is 10.7. The Kier molecular flexibility index (Phi) is 3.50. The molecular formula is C54H36N2OSi. The molecule has 0 amide bonds. The first-order chi connectivity index (χ1) is 40.0. The van der Waals surface area contributed by atoms with Crippen LogP contribution in [0.15, 0.2) is 222 Å². The van der Waals surface area contributed by atoms with Gasteiger partial charge in [0.2, 0.25) is 0 Å². The van der Waals surface area contributed by atoms with Gasteiger partial charge in [-0.25, -0.2) is 0 Å². The van der Waals surface area contributed by atoms with Crippen molar-refractivity contribution in [3.05, 3.63) is 218 Å². The summed E-state index contributed by atoms with van der Waals surface area (Å²) in [7, 11) is -6.30. The molecule has 0 atom stereocenters. The largest absolute Gasteiger partial charge is 0.454 e. The van der Waals surface area contributed by atoms with Crippen LogP contribution in [0.3, 0.4) is 0 Å². The molecule has 12 aromatic rings. The number of para-hydroxylation sites is 4. The lowest BCUT2D eigenvalue weighted by Crippen LogP contribution is -2.74.